The van der Waals surface area contributed by atoms with Crippen molar-refractivity contribution in [3.8, 4) is 35.1 Å². The van der Waals surface area contributed by atoms with E-state index < -0.39 is 11.5 Å². The van der Waals surface area contributed by atoms with Crippen LogP contribution in [0.1, 0.15) is 30.9 Å². The van der Waals surface area contributed by atoms with Gasteiger partial charge in [-0.2, -0.15) is 10.5 Å². The highest BCUT2D eigenvalue weighted by Crippen LogP contribution is 2.39. The average Bonchev–Trinajstić information content (AvgIpc) is 3.24. The number of nitrogens with zero attached hydrogens (tertiary/aromatic N) is 3. The lowest BCUT2D eigenvalue weighted by Gasteiger charge is -2.23. The smallest absolute Gasteiger partial charge is 0.274 e. The van der Waals surface area contributed by atoms with Crippen LogP contribution >= 0.6 is 11.3 Å². The molecule has 3 aromatic rings. The molecule has 0 aliphatic carbocycles. The minimum Gasteiger partial charge on any atom is -0.493 e. The maximum Gasteiger partial charge on any atom is 0.274 e. The van der Waals surface area contributed by atoms with Gasteiger partial charge in [-0.15, -0.1) is 11.3 Å². The van der Waals surface area contributed by atoms with Crippen LogP contribution in [0.3, 0.4) is 0 Å². The van der Waals surface area contributed by atoms with E-state index in [2.05, 4.69) is 12.1 Å². The first-order chi connectivity index (χ1) is 18.4. The van der Waals surface area contributed by atoms with E-state index in [9.17, 15) is 15.3 Å². The molecule has 0 radical (unpaired) electrons. The zero-order valence-electron chi connectivity index (χ0n) is 21.4. The van der Waals surface area contributed by atoms with Crippen LogP contribution in [0.25, 0.3) is 17.5 Å². The fraction of sp³-hybridized carbons (Fsp3) is 0.250. The van der Waals surface area contributed by atoms with Crippen LogP contribution in [0.2, 0.25) is 0 Å². The van der Waals surface area contributed by atoms with Crippen LogP contribution < -0.4 is 39.4 Å². The van der Waals surface area contributed by atoms with E-state index in [-0.39, 0.29) is 17.0 Å². The fourth-order valence-corrected chi connectivity index (χ4v) is 5.46. The summed E-state index contributed by atoms with van der Waals surface area (Å²) < 4.78 is 24.0. The molecule has 1 aromatic heterocycles. The predicted molar refractivity (Wildman–Crippen MR) is 145 cm³/mol. The third-order valence-electron chi connectivity index (χ3n) is 6.00. The Hall–Kier alpha value is -4.67. The molecule has 0 spiro atoms. The number of aromatic nitrogens is 1. The quantitative estimate of drug-likeness (QED) is 0.470. The van der Waals surface area contributed by atoms with Crippen LogP contribution in [0.4, 0.5) is 0 Å². The molecule has 0 saturated carbocycles. The molecule has 0 fully saturated rings. The van der Waals surface area contributed by atoms with Crippen molar-refractivity contribution in [2.75, 3.05) is 27.4 Å². The molecule has 0 saturated heterocycles. The topological polar surface area (TPSA) is 133 Å². The number of methoxy groups -OCH3 is 2. The molecule has 2 aromatic carbocycles. The van der Waals surface area contributed by atoms with Gasteiger partial charge < -0.3 is 24.7 Å². The molecule has 10 heteroatoms. The summed E-state index contributed by atoms with van der Waals surface area (Å²) in [4.78, 5) is 13.5. The van der Waals surface area contributed by atoms with E-state index in [1.54, 1.807) is 49.6 Å². The van der Waals surface area contributed by atoms with Crippen LogP contribution in [-0.2, 0) is 0 Å². The number of nitrogens with two attached hydrogens (primary N) is 1. The summed E-state index contributed by atoms with van der Waals surface area (Å²) in [6.45, 7) is 4.57. The number of benzene rings is 2. The van der Waals surface area contributed by atoms with E-state index in [4.69, 9.17) is 24.7 Å². The molecular weight excluding hydrogens is 504 g/mol. The Labute approximate surface area is 223 Å². The lowest BCUT2D eigenvalue weighted by atomic mass is 9.84. The van der Waals surface area contributed by atoms with Gasteiger partial charge in [-0.05, 0) is 55.3 Å². The fourth-order valence-electron chi connectivity index (χ4n) is 4.33. The Balaban J connectivity index is 1.96. The van der Waals surface area contributed by atoms with Crippen molar-refractivity contribution in [3.05, 3.63) is 72.6 Å². The third kappa shape index (κ3) is 4.58. The second-order valence-corrected chi connectivity index (χ2v) is 9.14. The predicted octanol–water partition coefficient (Wildman–Crippen LogP) is 2.68. The van der Waals surface area contributed by atoms with Crippen molar-refractivity contribution < 1.29 is 18.9 Å². The van der Waals surface area contributed by atoms with Gasteiger partial charge in [0.15, 0.2) is 23.0 Å². The number of hydrogen-bond acceptors (Lipinski definition) is 9. The number of allylic oxidation sites excluding steroid dienone is 1. The lowest BCUT2D eigenvalue weighted by Crippen LogP contribution is -2.38. The Bertz CT molecular complexity index is 1690. The molecule has 4 rings (SSSR count). The van der Waals surface area contributed by atoms with E-state index >= 15 is 0 Å². The van der Waals surface area contributed by atoms with Gasteiger partial charge in [0.1, 0.15) is 10.5 Å². The SMILES string of the molecule is CCOc1cc(C=c2sc3n(c2=O)C(N)=C(C#N)C(c2ccc(OC)c(OCC)c2)C=3C#N)ccc1OC. The van der Waals surface area contributed by atoms with E-state index in [1.165, 1.54) is 11.7 Å². The molecule has 1 aliphatic heterocycles. The molecule has 1 unspecified atom stereocenters. The Kier molecular flexibility index (Phi) is 7.75. The molecular formula is C28H26N4O5S. The summed E-state index contributed by atoms with van der Waals surface area (Å²) in [5.74, 6) is 1.35. The van der Waals surface area contributed by atoms with Gasteiger partial charge in [0, 0.05) is 0 Å². The van der Waals surface area contributed by atoms with Gasteiger partial charge in [-0.3, -0.25) is 9.36 Å². The highest BCUT2D eigenvalue weighted by molar-refractivity contribution is 7.07. The van der Waals surface area contributed by atoms with Gasteiger partial charge in [-0.25, -0.2) is 0 Å². The average molecular weight is 531 g/mol. The van der Waals surface area contributed by atoms with Gasteiger partial charge >= 0.3 is 0 Å². The number of rotatable bonds is 8. The number of nitriles is 2. The Morgan fingerprint density at radius 1 is 0.947 bits per heavy atom. The van der Waals surface area contributed by atoms with Gasteiger partial charge in [0.05, 0.1) is 61.2 Å². The highest BCUT2D eigenvalue weighted by atomic mass is 32.1. The summed E-state index contributed by atoms with van der Waals surface area (Å²) in [7, 11) is 3.09. The van der Waals surface area contributed by atoms with E-state index in [1.807, 2.05) is 13.8 Å². The standard InChI is InChI=1S/C28H26N4O5S/c1-5-36-22-11-16(7-9-20(22)34-3)12-24-27(33)32-26(31)18(14-29)25(19(15-30)28(32)38-24)17-8-10-21(35-4)23(13-17)37-6-2/h7-13,25H,5-6,31H2,1-4H3. The second kappa shape index (κ2) is 11.2. The van der Waals surface area contributed by atoms with Gasteiger partial charge in [0.25, 0.3) is 5.56 Å². The number of thiazole rings is 1. The zero-order chi connectivity index (χ0) is 27.4. The molecule has 194 valence electrons. The highest BCUT2D eigenvalue weighted by Gasteiger charge is 2.32. The number of hydrogen-bond donors (Lipinski definition) is 1. The Morgan fingerprint density at radius 3 is 2.13 bits per heavy atom. The maximum atomic E-state index is 13.5. The maximum absolute atomic E-state index is 13.5. The van der Waals surface area contributed by atoms with Crippen LogP contribution in [-0.4, -0.2) is 32.0 Å². The first kappa shape index (κ1) is 26.4. The van der Waals surface area contributed by atoms with E-state index in [0.717, 1.165) is 11.3 Å². The van der Waals surface area contributed by atoms with Crippen molar-refractivity contribution in [3.63, 3.8) is 0 Å². The number of fused-ring (bicyclic) bond motifs is 1. The van der Waals surface area contributed by atoms with Gasteiger partial charge in [0.2, 0.25) is 0 Å². The summed E-state index contributed by atoms with van der Waals surface area (Å²) in [6, 6.07) is 14.9. The molecule has 0 bridgehead atoms. The van der Waals surface area contributed by atoms with Crippen molar-refractivity contribution in [1.82, 2.24) is 4.57 Å². The monoisotopic (exact) mass is 530 g/mol. The van der Waals surface area contributed by atoms with Crippen molar-refractivity contribution in [2.45, 2.75) is 19.8 Å². The molecule has 2 N–H and O–H groups in total. The number of ether oxygens (including phenoxy) is 4. The van der Waals surface area contributed by atoms with Crippen molar-refractivity contribution >= 4 is 28.8 Å². The minimum absolute atomic E-state index is 0.00841. The van der Waals surface area contributed by atoms with Crippen LogP contribution in [0, 0.1) is 22.7 Å². The van der Waals surface area contributed by atoms with E-state index in [0.29, 0.717) is 56.5 Å². The summed E-state index contributed by atoms with van der Waals surface area (Å²) in [5.41, 5.74) is 7.67. The first-order valence-electron chi connectivity index (χ1n) is 11.8. The van der Waals surface area contributed by atoms with Gasteiger partial charge in [-0.1, -0.05) is 12.1 Å². The minimum atomic E-state index is -0.772. The molecule has 0 amide bonds. The summed E-state index contributed by atoms with van der Waals surface area (Å²) >= 11 is 1.14. The lowest BCUT2D eigenvalue weighted by molar-refractivity contribution is 0.310. The molecule has 1 atom stereocenters. The normalized spacial score (nSPS) is 14.9. The second-order valence-electron chi connectivity index (χ2n) is 8.11. The van der Waals surface area contributed by atoms with Crippen molar-refractivity contribution in [1.29, 1.82) is 10.5 Å². The van der Waals surface area contributed by atoms with Crippen LogP contribution in [0.5, 0.6) is 23.0 Å². The summed E-state index contributed by atoms with van der Waals surface area (Å²) in [6.07, 6.45) is 1.70. The Morgan fingerprint density at radius 2 is 1.55 bits per heavy atom. The van der Waals surface area contributed by atoms with Crippen molar-refractivity contribution in [2.24, 2.45) is 5.73 Å². The largest absolute Gasteiger partial charge is 0.493 e. The summed E-state index contributed by atoms with van der Waals surface area (Å²) in [5, 5.41) is 20.3. The molecule has 2 heterocycles. The first-order valence-corrected chi connectivity index (χ1v) is 12.6. The zero-order valence-corrected chi connectivity index (χ0v) is 22.2. The molecule has 9 nitrogen and oxygen atoms in total. The van der Waals surface area contributed by atoms with Crippen LogP contribution in [0.15, 0.2) is 46.8 Å². The molecule has 1 aliphatic rings. The molecule has 38 heavy (non-hydrogen) atoms. The third-order valence-corrected chi connectivity index (χ3v) is 7.10.